The fourth-order valence-corrected chi connectivity index (χ4v) is 3.81. The summed E-state index contributed by atoms with van der Waals surface area (Å²) in [7, 11) is 0. The number of aryl methyl sites for hydroxylation is 2. The van der Waals surface area contributed by atoms with Crippen LogP contribution in [0.25, 0.3) is 10.9 Å². The molecule has 0 amide bonds. The first-order chi connectivity index (χ1) is 12.5. The van der Waals surface area contributed by atoms with Crippen LogP contribution in [-0.4, -0.2) is 9.12 Å². The smallest absolute Gasteiger partial charge is 0.251 e. The molecule has 0 saturated carbocycles. The van der Waals surface area contributed by atoms with Crippen molar-refractivity contribution in [3.8, 4) is 0 Å². The highest BCUT2D eigenvalue weighted by atomic mass is 32.2. The Hall–Kier alpha value is -2.31. The van der Waals surface area contributed by atoms with Crippen LogP contribution in [0.4, 0.5) is 10.1 Å². The summed E-state index contributed by atoms with van der Waals surface area (Å²) in [6.07, 6.45) is 0.871. The summed E-state index contributed by atoms with van der Waals surface area (Å²) in [6, 6.07) is 13.7. The van der Waals surface area contributed by atoms with Gasteiger partial charge in [-0.1, -0.05) is 19.1 Å². The summed E-state index contributed by atoms with van der Waals surface area (Å²) in [5.74, 6) is -0.0796. The minimum Gasteiger partial charge on any atom is -0.593 e. The van der Waals surface area contributed by atoms with Crippen LogP contribution in [0.2, 0.25) is 0 Å². The lowest BCUT2D eigenvalue weighted by Gasteiger charge is -2.14. The van der Waals surface area contributed by atoms with Crippen LogP contribution < -0.4 is 10.3 Å². The molecule has 2 aromatic carbocycles. The normalized spacial score (nSPS) is 12.3. The molecule has 1 atom stereocenters. The van der Waals surface area contributed by atoms with Gasteiger partial charge in [0.1, 0.15) is 5.82 Å². The van der Waals surface area contributed by atoms with Crippen LogP contribution in [0.5, 0.6) is 0 Å². The van der Waals surface area contributed by atoms with Gasteiger partial charge in [0, 0.05) is 23.6 Å². The zero-order chi connectivity index (χ0) is 18.7. The van der Waals surface area contributed by atoms with E-state index in [1.54, 1.807) is 35.8 Å². The minimum absolute atomic E-state index is 0.0231. The van der Waals surface area contributed by atoms with Crippen LogP contribution >= 0.6 is 0 Å². The third-order valence-corrected chi connectivity index (χ3v) is 5.26. The molecular weight excluding hydrogens is 351 g/mol. The molecule has 0 aliphatic rings. The van der Waals surface area contributed by atoms with Crippen molar-refractivity contribution >= 4 is 28.0 Å². The number of aromatic nitrogens is 1. The van der Waals surface area contributed by atoms with Gasteiger partial charge >= 0.3 is 0 Å². The average Bonchev–Trinajstić information content (AvgIpc) is 2.61. The van der Waals surface area contributed by atoms with E-state index in [1.165, 1.54) is 6.07 Å². The van der Waals surface area contributed by atoms with Gasteiger partial charge in [0.25, 0.3) is 5.56 Å². The lowest BCUT2D eigenvalue weighted by molar-refractivity contribution is 0.598. The first-order valence-corrected chi connectivity index (χ1v) is 9.83. The molecule has 3 rings (SSSR count). The third-order valence-electron chi connectivity index (χ3n) is 4.20. The summed E-state index contributed by atoms with van der Waals surface area (Å²) >= 11 is -1.38. The summed E-state index contributed by atoms with van der Waals surface area (Å²) in [5, 5.41) is 0.904. The molecule has 136 valence electrons. The second-order valence-electron chi connectivity index (χ2n) is 6.27. The Labute approximate surface area is 155 Å². The van der Waals surface area contributed by atoms with E-state index >= 15 is 0 Å². The van der Waals surface area contributed by atoms with E-state index in [2.05, 4.69) is 4.72 Å². The van der Waals surface area contributed by atoms with E-state index in [9.17, 15) is 13.7 Å². The summed E-state index contributed by atoms with van der Waals surface area (Å²) in [5.41, 5.74) is 2.78. The van der Waals surface area contributed by atoms with Crippen molar-refractivity contribution in [3.63, 3.8) is 0 Å². The van der Waals surface area contributed by atoms with E-state index in [0.717, 1.165) is 17.3 Å². The number of nitrogens with zero attached hydrogens (tertiary/aromatic N) is 1. The van der Waals surface area contributed by atoms with E-state index in [4.69, 9.17) is 0 Å². The van der Waals surface area contributed by atoms with Crippen molar-refractivity contribution in [1.29, 1.82) is 0 Å². The summed E-state index contributed by atoms with van der Waals surface area (Å²) in [6.45, 7) is 4.38. The molecule has 0 aliphatic carbocycles. The van der Waals surface area contributed by atoms with Gasteiger partial charge in [0.05, 0.1) is 22.6 Å². The molecule has 0 spiro atoms. The molecule has 0 fully saturated rings. The van der Waals surface area contributed by atoms with Crippen molar-refractivity contribution in [3.05, 3.63) is 75.8 Å². The first kappa shape index (κ1) is 18.5. The zero-order valence-electron chi connectivity index (χ0n) is 14.8. The first-order valence-electron chi connectivity index (χ1n) is 8.51. The van der Waals surface area contributed by atoms with Crippen molar-refractivity contribution in [1.82, 2.24) is 4.57 Å². The average molecular weight is 372 g/mol. The number of hydrogen-bond acceptors (Lipinski definition) is 3. The van der Waals surface area contributed by atoms with E-state index in [1.807, 2.05) is 25.1 Å². The molecule has 26 heavy (non-hydrogen) atoms. The molecule has 3 aromatic rings. The Morgan fingerprint density at radius 2 is 1.96 bits per heavy atom. The quantitative estimate of drug-likeness (QED) is 0.662. The Balaban J connectivity index is 1.79. The van der Waals surface area contributed by atoms with E-state index in [-0.39, 0.29) is 17.1 Å². The summed E-state index contributed by atoms with van der Waals surface area (Å²) < 4.78 is 30.7. The van der Waals surface area contributed by atoms with Gasteiger partial charge in [-0.25, -0.2) is 9.11 Å². The van der Waals surface area contributed by atoms with Crippen molar-refractivity contribution < 1.29 is 8.94 Å². The van der Waals surface area contributed by atoms with Gasteiger partial charge in [0.2, 0.25) is 0 Å². The SMILES string of the molecule is CCCn1c(=O)ccc2cc(N[S+]([O-])Cc3ccc(C)c(F)c3)ccc21. The molecule has 1 unspecified atom stereocenters. The van der Waals surface area contributed by atoms with Gasteiger partial charge in [0.15, 0.2) is 5.75 Å². The number of nitrogens with one attached hydrogen (secondary N) is 1. The maximum atomic E-state index is 13.6. The second-order valence-corrected chi connectivity index (χ2v) is 7.46. The maximum Gasteiger partial charge on any atom is 0.251 e. The fourth-order valence-electron chi connectivity index (χ4n) is 2.87. The minimum atomic E-state index is -1.38. The molecule has 0 radical (unpaired) electrons. The number of anilines is 1. The van der Waals surface area contributed by atoms with Crippen LogP contribution in [0, 0.1) is 12.7 Å². The Morgan fingerprint density at radius 1 is 1.15 bits per heavy atom. The van der Waals surface area contributed by atoms with E-state index < -0.39 is 11.4 Å². The topological polar surface area (TPSA) is 57.1 Å². The maximum absolute atomic E-state index is 13.6. The van der Waals surface area contributed by atoms with Gasteiger partial charge in [-0.15, -0.1) is 0 Å². The Bertz CT molecular complexity index is 987. The molecule has 0 saturated heterocycles. The van der Waals surface area contributed by atoms with Crippen molar-refractivity contribution in [2.45, 2.75) is 32.6 Å². The summed E-state index contributed by atoms with van der Waals surface area (Å²) in [4.78, 5) is 12.0. The molecular formula is C20H21FN2O2S. The lowest BCUT2D eigenvalue weighted by Crippen LogP contribution is -2.19. The number of hydrogen-bond donors (Lipinski definition) is 1. The zero-order valence-corrected chi connectivity index (χ0v) is 15.6. The van der Waals surface area contributed by atoms with Gasteiger partial charge in [-0.3, -0.25) is 4.79 Å². The van der Waals surface area contributed by atoms with Crippen molar-refractivity contribution in [2.75, 3.05) is 4.72 Å². The van der Waals surface area contributed by atoms with Crippen LogP contribution in [0.3, 0.4) is 0 Å². The Morgan fingerprint density at radius 3 is 2.69 bits per heavy atom. The fraction of sp³-hybridized carbons (Fsp3) is 0.250. The number of rotatable bonds is 6. The standard InChI is InChI=1S/C20H21FN2O2S/c1-3-10-23-19-8-7-17(12-16(19)6-9-20(23)24)22-26(25)13-15-5-4-14(2)18(21)11-15/h4-9,11-12,22H,3,10,13H2,1-2H3. The largest absolute Gasteiger partial charge is 0.593 e. The molecule has 0 aliphatic heterocycles. The molecule has 6 heteroatoms. The number of fused-ring (bicyclic) bond motifs is 1. The van der Waals surface area contributed by atoms with Gasteiger partial charge < -0.3 is 9.12 Å². The highest BCUT2D eigenvalue weighted by Crippen LogP contribution is 2.20. The van der Waals surface area contributed by atoms with Crippen LogP contribution in [0.15, 0.2) is 53.3 Å². The van der Waals surface area contributed by atoms with Gasteiger partial charge in [-0.2, -0.15) is 0 Å². The monoisotopic (exact) mass is 372 g/mol. The molecule has 4 nitrogen and oxygen atoms in total. The van der Waals surface area contributed by atoms with Crippen molar-refractivity contribution in [2.24, 2.45) is 0 Å². The third kappa shape index (κ3) is 4.08. The lowest BCUT2D eigenvalue weighted by atomic mass is 10.2. The second kappa shape index (κ2) is 7.93. The van der Waals surface area contributed by atoms with Gasteiger partial charge in [-0.05, 0) is 49.2 Å². The Kier molecular flexibility index (Phi) is 5.64. The van der Waals surface area contributed by atoms with E-state index in [0.29, 0.717) is 23.4 Å². The predicted octanol–water partition coefficient (Wildman–Crippen LogP) is 4.13. The van der Waals surface area contributed by atoms with Crippen LogP contribution in [0.1, 0.15) is 24.5 Å². The number of pyridine rings is 1. The number of benzene rings is 2. The predicted molar refractivity (Wildman–Crippen MR) is 105 cm³/mol. The highest BCUT2D eigenvalue weighted by Gasteiger charge is 2.11. The molecule has 1 heterocycles. The van der Waals surface area contributed by atoms with Crippen LogP contribution in [-0.2, 0) is 23.7 Å². The number of halogens is 1. The molecule has 1 N–H and O–H groups in total. The molecule has 0 bridgehead atoms. The molecule has 1 aromatic heterocycles. The highest BCUT2D eigenvalue weighted by molar-refractivity contribution is 7.91.